The predicted octanol–water partition coefficient (Wildman–Crippen LogP) is 4.60. The summed E-state index contributed by atoms with van der Waals surface area (Å²) in [4.78, 5) is 16.6. The molecule has 0 aliphatic carbocycles. The molecule has 0 unspecified atom stereocenters. The first-order valence-corrected chi connectivity index (χ1v) is 11.1. The molecular formula is C23H20ClN5OS. The second-order valence-electron chi connectivity index (χ2n) is 6.81. The minimum atomic E-state index is -0.206. The molecule has 0 fully saturated rings. The van der Waals surface area contributed by atoms with E-state index in [2.05, 4.69) is 32.6 Å². The summed E-state index contributed by atoms with van der Waals surface area (Å²) in [5, 5.41) is 13.0. The second-order valence-corrected chi connectivity index (χ2v) is 8.19. The molecule has 2 aromatic heterocycles. The van der Waals surface area contributed by atoms with Crippen LogP contribution in [0.3, 0.4) is 0 Å². The Bertz CT molecular complexity index is 1150. The first kappa shape index (κ1) is 21.1. The molecule has 4 rings (SSSR count). The lowest BCUT2D eigenvalue weighted by Crippen LogP contribution is -2.25. The largest absolute Gasteiger partial charge is 0.345 e. The van der Waals surface area contributed by atoms with Gasteiger partial charge in [-0.05, 0) is 41.5 Å². The quantitative estimate of drug-likeness (QED) is 0.398. The Morgan fingerprint density at radius 2 is 1.77 bits per heavy atom. The standard InChI is InChI=1S/C23H20ClN5OS/c24-20-8-4-7-19(13-20)22(30)26-14-21-27-28-23(31-16-18-9-11-25-12-10-18)29(21)15-17-5-2-1-3-6-17/h1-13H,14-16H2,(H,26,30). The van der Waals surface area contributed by atoms with Crippen LogP contribution < -0.4 is 5.32 Å². The summed E-state index contributed by atoms with van der Waals surface area (Å²) in [6.45, 7) is 0.885. The lowest BCUT2D eigenvalue weighted by atomic mass is 10.2. The minimum Gasteiger partial charge on any atom is -0.345 e. The number of nitrogens with one attached hydrogen (secondary N) is 1. The van der Waals surface area contributed by atoms with Gasteiger partial charge >= 0.3 is 0 Å². The Morgan fingerprint density at radius 3 is 2.55 bits per heavy atom. The number of halogens is 1. The van der Waals surface area contributed by atoms with Gasteiger partial charge in [0.2, 0.25) is 0 Å². The Kier molecular flexibility index (Phi) is 6.96. The number of hydrogen-bond acceptors (Lipinski definition) is 5. The Hall–Kier alpha value is -3.16. The Morgan fingerprint density at radius 1 is 0.968 bits per heavy atom. The van der Waals surface area contributed by atoms with E-state index in [1.165, 1.54) is 0 Å². The van der Waals surface area contributed by atoms with Crippen LogP contribution in [-0.4, -0.2) is 25.7 Å². The van der Waals surface area contributed by atoms with Crippen molar-refractivity contribution in [2.24, 2.45) is 0 Å². The maximum atomic E-state index is 12.5. The number of benzene rings is 2. The zero-order valence-corrected chi connectivity index (χ0v) is 18.2. The molecule has 1 amide bonds. The predicted molar refractivity (Wildman–Crippen MR) is 122 cm³/mol. The lowest BCUT2D eigenvalue weighted by Gasteiger charge is -2.11. The highest BCUT2D eigenvalue weighted by Gasteiger charge is 2.15. The molecule has 0 bridgehead atoms. The molecule has 4 aromatic rings. The van der Waals surface area contributed by atoms with E-state index in [4.69, 9.17) is 11.6 Å². The number of pyridine rings is 1. The van der Waals surface area contributed by atoms with Crippen molar-refractivity contribution in [3.8, 4) is 0 Å². The van der Waals surface area contributed by atoms with Crippen molar-refractivity contribution in [2.45, 2.75) is 24.0 Å². The number of aromatic nitrogens is 4. The number of thioether (sulfide) groups is 1. The van der Waals surface area contributed by atoms with Crippen LogP contribution >= 0.6 is 23.4 Å². The number of rotatable bonds is 8. The van der Waals surface area contributed by atoms with Crippen LogP contribution in [0.25, 0.3) is 0 Å². The molecule has 0 saturated carbocycles. The molecule has 0 radical (unpaired) electrons. The van der Waals surface area contributed by atoms with E-state index in [0.717, 1.165) is 22.0 Å². The summed E-state index contributed by atoms with van der Waals surface area (Å²) < 4.78 is 2.04. The molecule has 1 N–H and O–H groups in total. The Balaban J connectivity index is 1.51. The monoisotopic (exact) mass is 449 g/mol. The van der Waals surface area contributed by atoms with Crippen LogP contribution in [0.2, 0.25) is 5.02 Å². The van der Waals surface area contributed by atoms with E-state index in [1.807, 2.05) is 34.9 Å². The molecule has 156 valence electrons. The number of amides is 1. The van der Waals surface area contributed by atoms with Crippen LogP contribution in [-0.2, 0) is 18.8 Å². The van der Waals surface area contributed by atoms with Gasteiger partial charge in [-0.15, -0.1) is 10.2 Å². The summed E-state index contributed by atoms with van der Waals surface area (Å²) in [6, 6.07) is 20.9. The fraction of sp³-hybridized carbons (Fsp3) is 0.130. The van der Waals surface area contributed by atoms with E-state index < -0.39 is 0 Å². The van der Waals surface area contributed by atoms with Gasteiger partial charge in [-0.1, -0.05) is 59.8 Å². The molecule has 6 nitrogen and oxygen atoms in total. The highest BCUT2D eigenvalue weighted by molar-refractivity contribution is 7.98. The molecule has 0 saturated heterocycles. The normalized spacial score (nSPS) is 10.7. The third kappa shape index (κ3) is 5.71. The van der Waals surface area contributed by atoms with Gasteiger partial charge in [0.05, 0.1) is 13.1 Å². The zero-order chi connectivity index (χ0) is 21.5. The molecule has 2 aromatic carbocycles. The van der Waals surface area contributed by atoms with Crippen LogP contribution in [0.4, 0.5) is 0 Å². The maximum Gasteiger partial charge on any atom is 0.251 e. The fourth-order valence-corrected chi connectivity index (χ4v) is 4.10. The topological polar surface area (TPSA) is 72.7 Å². The summed E-state index contributed by atoms with van der Waals surface area (Å²) >= 11 is 7.60. The molecule has 0 aliphatic heterocycles. The van der Waals surface area contributed by atoms with Gasteiger partial charge in [-0.25, -0.2) is 0 Å². The van der Waals surface area contributed by atoms with Crippen LogP contribution in [0.15, 0.2) is 84.3 Å². The molecule has 2 heterocycles. The van der Waals surface area contributed by atoms with Gasteiger partial charge in [0.1, 0.15) is 0 Å². The van der Waals surface area contributed by atoms with E-state index in [9.17, 15) is 4.79 Å². The van der Waals surface area contributed by atoms with Crippen LogP contribution in [0.5, 0.6) is 0 Å². The third-order valence-electron chi connectivity index (χ3n) is 4.59. The summed E-state index contributed by atoms with van der Waals surface area (Å²) in [7, 11) is 0. The lowest BCUT2D eigenvalue weighted by molar-refractivity contribution is 0.0949. The highest BCUT2D eigenvalue weighted by atomic mass is 35.5. The van der Waals surface area contributed by atoms with Crippen molar-refractivity contribution < 1.29 is 4.79 Å². The van der Waals surface area contributed by atoms with Gasteiger partial charge in [0, 0.05) is 28.7 Å². The molecule has 0 atom stereocenters. The highest BCUT2D eigenvalue weighted by Crippen LogP contribution is 2.23. The second kappa shape index (κ2) is 10.2. The number of hydrogen-bond donors (Lipinski definition) is 1. The van der Waals surface area contributed by atoms with Gasteiger partial charge in [-0.2, -0.15) is 0 Å². The smallest absolute Gasteiger partial charge is 0.251 e. The molecule has 0 aliphatic rings. The van der Waals surface area contributed by atoms with Crippen molar-refractivity contribution >= 4 is 29.3 Å². The number of carbonyl (C=O) groups is 1. The van der Waals surface area contributed by atoms with Gasteiger partial charge < -0.3 is 9.88 Å². The number of nitrogens with zero attached hydrogens (tertiary/aromatic N) is 4. The van der Waals surface area contributed by atoms with Crippen molar-refractivity contribution in [1.29, 1.82) is 0 Å². The minimum absolute atomic E-state index is 0.206. The van der Waals surface area contributed by atoms with Crippen LogP contribution in [0, 0.1) is 0 Å². The summed E-state index contributed by atoms with van der Waals surface area (Å²) in [5.74, 6) is 1.24. The van der Waals surface area contributed by atoms with E-state index >= 15 is 0 Å². The SMILES string of the molecule is O=C(NCc1nnc(SCc2ccncc2)n1Cc1ccccc1)c1cccc(Cl)c1. The van der Waals surface area contributed by atoms with E-state index in [-0.39, 0.29) is 12.5 Å². The zero-order valence-electron chi connectivity index (χ0n) is 16.6. The number of carbonyl (C=O) groups excluding carboxylic acids is 1. The molecular weight excluding hydrogens is 430 g/mol. The third-order valence-corrected chi connectivity index (χ3v) is 5.86. The van der Waals surface area contributed by atoms with Gasteiger partial charge in [0.15, 0.2) is 11.0 Å². The van der Waals surface area contributed by atoms with E-state index in [1.54, 1.807) is 48.4 Å². The first-order valence-electron chi connectivity index (χ1n) is 9.70. The summed E-state index contributed by atoms with van der Waals surface area (Å²) in [6.07, 6.45) is 3.56. The van der Waals surface area contributed by atoms with Crippen molar-refractivity contribution in [3.63, 3.8) is 0 Å². The van der Waals surface area contributed by atoms with Crippen LogP contribution in [0.1, 0.15) is 27.3 Å². The molecule has 8 heteroatoms. The van der Waals surface area contributed by atoms with Crippen molar-refractivity contribution in [3.05, 3.63) is 107 Å². The van der Waals surface area contributed by atoms with Crippen molar-refractivity contribution in [2.75, 3.05) is 0 Å². The molecule has 0 spiro atoms. The fourth-order valence-electron chi connectivity index (χ4n) is 3.00. The average Bonchev–Trinajstić information content (AvgIpc) is 3.18. The molecule has 31 heavy (non-hydrogen) atoms. The van der Waals surface area contributed by atoms with Gasteiger partial charge in [0.25, 0.3) is 5.91 Å². The Labute approximate surface area is 189 Å². The van der Waals surface area contributed by atoms with Gasteiger partial charge in [-0.3, -0.25) is 9.78 Å². The average molecular weight is 450 g/mol. The van der Waals surface area contributed by atoms with E-state index in [0.29, 0.717) is 23.0 Å². The maximum absolute atomic E-state index is 12.5. The van der Waals surface area contributed by atoms with Crippen molar-refractivity contribution in [1.82, 2.24) is 25.1 Å². The first-order chi connectivity index (χ1) is 15.2. The summed E-state index contributed by atoms with van der Waals surface area (Å²) in [5.41, 5.74) is 2.80.